The number of nitrogen functional groups attached to an aromatic ring is 1. The van der Waals surface area contributed by atoms with Gasteiger partial charge in [-0.25, -0.2) is 18.4 Å². The van der Waals surface area contributed by atoms with Crippen molar-refractivity contribution in [2.75, 3.05) is 29.2 Å². The minimum absolute atomic E-state index is 0.0656. The number of ether oxygens (including phenoxy) is 1. The molecule has 1 aliphatic rings. The molecule has 1 aliphatic carbocycles. The molecule has 3 aromatic rings. The third-order valence-electron chi connectivity index (χ3n) is 6.10. The average Bonchev–Trinajstić information content (AvgIpc) is 3.31. The number of rotatable bonds is 8. The number of nitrogens with two attached hydrogens (primary N) is 1. The smallest absolute Gasteiger partial charge is 0.259 e. The topological polar surface area (TPSA) is 129 Å². The minimum atomic E-state index is -3.67. The van der Waals surface area contributed by atoms with Crippen molar-refractivity contribution in [3.8, 4) is 17.0 Å². The molecule has 11 heteroatoms. The predicted molar refractivity (Wildman–Crippen MR) is 135 cm³/mol. The van der Waals surface area contributed by atoms with E-state index in [0.29, 0.717) is 29.1 Å². The van der Waals surface area contributed by atoms with Gasteiger partial charge in [-0.2, -0.15) is 0 Å². The van der Waals surface area contributed by atoms with E-state index in [-0.39, 0.29) is 34.8 Å². The van der Waals surface area contributed by atoms with E-state index in [1.54, 1.807) is 18.2 Å². The van der Waals surface area contributed by atoms with Gasteiger partial charge < -0.3 is 15.0 Å². The molecule has 1 fully saturated rings. The SMILES string of the molecule is COc1ncc(-c2cc3c(C)nc(N)cc3n(C3CCCC3)c2=O)cc1NS(=O)(=O)CCCCl. The van der Waals surface area contributed by atoms with Crippen LogP contribution in [-0.4, -0.2) is 41.7 Å². The van der Waals surface area contributed by atoms with E-state index in [4.69, 9.17) is 22.1 Å². The Hall–Kier alpha value is -2.85. The van der Waals surface area contributed by atoms with Crippen LogP contribution in [0.3, 0.4) is 0 Å². The van der Waals surface area contributed by atoms with Gasteiger partial charge in [-0.05, 0) is 38.3 Å². The van der Waals surface area contributed by atoms with Crippen LogP contribution >= 0.6 is 11.6 Å². The molecule has 1 saturated carbocycles. The van der Waals surface area contributed by atoms with Gasteiger partial charge in [0.2, 0.25) is 15.9 Å². The fraction of sp³-hybridized carbons (Fsp3) is 0.435. The number of nitrogens with one attached hydrogen (secondary N) is 1. The van der Waals surface area contributed by atoms with Crippen LogP contribution in [0.15, 0.2) is 29.2 Å². The fourth-order valence-corrected chi connectivity index (χ4v) is 5.94. The molecule has 0 atom stereocenters. The molecule has 4 rings (SSSR count). The van der Waals surface area contributed by atoms with Crippen molar-refractivity contribution in [2.24, 2.45) is 0 Å². The number of fused-ring (bicyclic) bond motifs is 1. The molecule has 3 heterocycles. The Morgan fingerprint density at radius 3 is 2.68 bits per heavy atom. The molecular weight excluding hydrogens is 478 g/mol. The summed E-state index contributed by atoms with van der Waals surface area (Å²) in [7, 11) is -2.26. The highest BCUT2D eigenvalue weighted by Crippen LogP contribution is 2.34. The lowest BCUT2D eigenvalue weighted by Crippen LogP contribution is -2.26. The zero-order chi connectivity index (χ0) is 24.5. The highest BCUT2D eigenvalue weighted by atomic mass is 35.5. The Bertz CT molecular complexity index is 1380. The molecule has 34 heavy (non-hydrogen) atoms. The van der Waals surface area contributed by atoms with Crippen LogP contribution < -0.4 is 20.8 Å². The summed E-state index contributed by atoms with van der Waals surface area (Å²) in [5.74, 6) is 0.566. The second-order valence-corrected chi connectivity index (χ2v) is 10.7. The van der Waals surface area contributed by atoms with Crippen LogP contribution in [0, 0.1) is 6.92 Å². The first-order valence-corrected chi connectivity index (χ1v) is 13.4. The number of pyridine rings is 3. The van der Waals surface area contributed by atoms with Crippen LogP contribution in [0.4, 0.5) is 11.5 Å². The van der Waals surface area contributed by atoms with Crippen molar-refractivity contribution in [1.29, 1.82) is 0 Å². The third kappa shape index (κ3) is 4.83. The first-order chi connectivity index (χ1) is 16.2. The molecule has 0 spiro atoms. The van der Waals surface area contributed by atoms with Crippen LogP contribution in [0.1, 0.15) is 43.8 Å². The van der Waals surface area contributed by atoms with Crippen molar-refractivity contribution >= 4 is 44.0 Å². The number of aromatic nitrogens is 3. The van der Waals surface area contributed by atoms with E-state index < -0.39 is 10.0 Å². The second-order valence-electron chi connectivity index (χ2n) is 8.48. The van der Waals surface area contributed by atoms with Crippen LogP contribution in [-0.2, 0) is 10.0 Å². The molecule has 0 radical (unpaired) electrons. The molecule has 3 aromatic heterocycles. The number of halogens is 1. The number of hydrogen-bond donors (Lipinski definition) is 2. The molecule has 0 saturated heterocycles. The van der Waals surface area contributed by atoms with E-state index in [2.05, 4.69) is 14.7 Å². The first-order valence-electron chi connectivity index (χ1n) is 11.2. The van der Waals surface area contributed by atoms with Gasteiger partial charge in [-0.3, -0.25) is 9.52 Å². The standard InChI is InChI=1S/C23H28ClN5O4S/c1-14-17-11-18(23(30)29(16-6-3-4-7-16)20(17)12-21(25)27-14)15-10-19(22(33-2)26-13-15)28-34(31,32)9-5-8-24/h10-13,16,28H,3-9H2,1-2H3,(H2,25,27). The number of sulfonamides is 1. The van der Waals surface area contributed by atoms with Gasteiger partial charge >= 0.3 is 0 Å². The molecule has 3 N–H and O–H groups in total. The summed E-state index contributed by atoms with van der Waals surface area (Å²) >= 11 is 5.65. The maximum atomic E-state index is 13.8. The van der Waals surface area contributed by atoms with Crippen molar-refractivity contribution in [2.45, 2.75) is 45.1 Å². The monoisotopic (exact) mass is 505 g/mol. The Labute approximate surface area is 203 Å². The van der Waals surface area contributed by atoms with Gasteiger partial charge in [0.1, 0.15) is 11.5 Å². The Balaban J connectivity index is 1.90. The number of nitrogens with zero attached hydrogens (tertiary/aromatic N) is 3. The number of methoxy groups -OCH3 is 1. The Kier molecular flexibility index (Phi) is 6.99. The van der Waals surface area contributed by atoms with Crippen molar-refractivity contribution in [3.05, 3.63) is 40.4 Å². The van der Waals surface area contributed by atoms with Crippen LogP contribution in [0.2, 0.25) is 0 Å². The number of alkyl halides is 1. The van der Waals surface area contributed by atoms with Crippen LogP contribution in [0.25, 0.3) is 22.0 Å². The predicted octanol–water partition coefficient (Wildman–Crippen LogP) is 3.84. The zero-order valence-corrected chi connectivity index (χ0v) is 20.7. The molecule has 0 aromatic carbocycles. The molecule has 0 unspecified atom stereocenters. The highest BCUT2D eigenvalue weighted by molar-refractivity contribution is 7.92. The molecule has 182 valence electrons. The molecular formula is C23H28ClN5O4S. The Morgan fingerprint density at radius 1 is 1.26 bits per heavy atom. The van der Waals surface area contributed by atoms with Crippen molar-refractivity contribution < 1.29 is 13.2 Å². The summed E-state index contributed by atoms with van der Waals surface area (Å²) in [6, 6.07) is 5.16. The van der Waals surface area contributed by atoms with E-state index in [1.807, 2.05) is 11.5 Å². The Morgan fingerprint density at radius 2 is 2.00 bits per heavy atom. The first kappa shape index (κ1) is 24.3. The maximum Gasteiger partial charge on any atom is 0.259 e. The maximum absolute atomic E-state index is 13.8. The molecule has 9 nitrogen and oxygen atoms in total. The molecule has 0 aliphatic heterocycles. The summed E-state index contributed by atoms with van der Waals surface area (Å²) in [4.78, 5) is 22.4. The second kappa shape index (κ2) is 9.79. The lowest BCUT2D eigenvalue weighted by molar-refractivity contribution is 0.400. The highest BCUT2D eigenvalue weighted by Gasteiger charge is 2.24. The summed E-state index contributed by atoms with van der Waals surface area (Å²) < 4.78 is 34.6. The summed E-state index contributed by atoms with van der Waals surface area (Å²) in [5, 5.41) is 0.816. The van der Waals surface area contributed by atoms with Gasteiger partial charge in [0.15, 0.2) is 0 Å². The molecule has 0 bridgehead atoms. The quantitative estimate of drug-likeness (QED) is 0.445. The van der Waals surface area contributed by atoms with Gasteiger partial charge in [-0.15, -0.1) is 11.6 Å². The normalized spacial score (nSPS) is 14.6. The number of hydrogen-bond acceptors (Lipinski definition) is 7. The summed E-state index contributed by atoms with van der Waals surface area (Å²) in [6.45, 7) is 1.86. The van der Waals surface area contributed by atoms with Gasteiger partial charge in [0, 0.05) is 46.4 Å². The molecule has 0 amide bonds. The summed E-state index contributed by atoms with van der Waals surface area (Å²) in [6.07, 6.45) is 5.75. The zero-order valence-electron chi connectivity index (χ0n) is 19.2. The van der Waals surface area contributed by atoms with Gasteiger partial charge in [-0.1, -0.05) is 12.8 Å². The summed E-state index contributed by atoms with van der Waals surface area (Å²) in [5.41, 5.74) is 8.36. The number of anilines is 2. The number of aryl methyl sites for hydroxylation is 1. The van der Waals surface area contributed by atoms with Crippen LogP contribution in [0.5, 0.6) is 5.88 Å². The van der Waals surface area contributed by atoms with Crippen molar-refractivity contribution in [3.63, 3.8) is 0 Å². The average molecular weight is 506 g/mol. The fourth-order valence-electron chi connectivity index (χ4n) is 4.54. The third-order valence-corrected chi connectivity index (χ3v) is 7.73. The minimum Gasteiger partial charge on any atom is -0.480 e. The van der Waals surface area contributed by atoms with Gasteiger partial charge in [0.05, 0.1) is 18.4 Å². The van der Waals surface area contributed by atoms with E-state index in [1.165, 1.54) is 13.3 Å². The lowest BCUT2D eigenvalue weighted by atomic mass is 10.0. The lowest BCUT2D eigenvalue weighted by Gasteiger charge is -2.20. The van der Waals surface area contributed by atoms with Crippen molar-refractivity contribution in [1.82, 2.24) is 14.5 Å². The largest absolute Gasteiger partial charge is 0.480 e. The van der Waals surface area contributed by atoms with E-state index in [9.17, 15) is 13.2 Å². The van der Waals surface area contributed by atoms with E-state index >= 15 is 0 Å². The van der Waals surface area contributed by atoms with Gasteiger partial charge in [0.25, 0.3) is 5.56 Å². The van der Waals surface area contributed by atoms with E-state index in [0.717, 1.165) is 36.6 Å².